The van der Waals surface area contributed by atoms with Gasteiger partial charge in [0, 0.05) is 25.3 Å². The first-order valence-corrected chi connectivity index (χ1v) is 8.51. The molecular formula is C12H24N4O2S. The predicted molar refractivity (Wildman–Crippen MR) is 76.4 cm³/mol. The molecule has 1 aromatic heterocycles. The highest BCUT2D eigenvalue weighted by atomic mass is 32.2. The van der Waals surface area contributed by atoms with Crippen LogP contribution in [0.1, 0.15) is 38.4 Å². The Kier molecular flexibility index (Phi) is 6.47. The Balaban J connectivity index is 2.18. The zero-order valence-electron chi connectivity index (χ0n) is 11.9. The molecule has 0 aromatic carbocycles. The summed E-state index contributed by atoms with van der Waals surface area (Å²) in [7, 11) is -3.07. The molecule has 0 amide bonds. The van der Waals surface area contributed by atoms with Crippen molar-refractivity contribution in [2.24, 2.45) is 0 Å². The van der Waals surface area contributed by atoms with Crippen molar-refractivity contribution in [1.29, 1.82) is 0 Å². The molecule has 1 atom stereocenters. The summed E-state index contributed by atoms with van der Waals surface area (Å²) in [5, 5.41) is 7.73. The van der Waals surface area contributed by atoms with Gasteiger partial charge in [-0.05, 0) is 32.4 Å². The highest BCUT2D eigenvalue weighted by molar-refractivity contribution is 7.88. The lowest BCUT2D eigenvalue weighted by molar-refractivity contribution is 0.471. The molecule has 110 valence electrons. The van der Waals surface area contributed by atoms with Gasteiger partial charge in [-0.2, -0.15) is 5.10 Å². The summed E-state index contributed by atoms with van der Waals surface area (Å²) in [4.78, 5) is 0. The van der Waals surface area contributed by atoms with Gasteiger partial charge in [0.2, 0.25) is 10.0 Å². The number of nitrogens with one attached hydrogen (secondary N) is 2. The normalized spacial score (nSPS) is 13.6. The number of rotatable bonds is 9. The molecule has 0 saturated heterocycles. The second-order valence-corrected chi connectivity index (χ2v) is 6.57. The van der Waals surface area contributed by atoms with Crippen molar-refractivity contribution in [2.75, 3.05) is 19.3 Å². The third kappa shape index (κ3) is 6.70. The maximum Gasteiger partial charge on any atom is 0.208 e. The van der Waals surface area contributed by atoms with E-state index < -0.39 is 10.0 Å². The second-order valence-electron chi connectivity index (χ2n) is 4.74. The van der Waals surface area contributed by atoms with Gasteiger partial charge in [-0.25, -0.2) is 13.1 Å². The van der Waals surface area contributed by atoms with Crippen LogP contribution < -0.4 is 10.0 Å². The van der Waals surface area contributed by atoms with Gasteiger partial charge >= 0.3 is 0 Å². The minimum absolute atomic E-state index is 0.424. The van der Waals surface area contributed by atoms with Gasteiger partial charge in [0.15, 0.2) is 0 Å². The van der Waals surface area contributed by atoms with E-state index in [-0.39, 0.29) is 0 Å². The van der Waals surface area contributed by atoms with Crippen LogP contribution in [0.5, 0.6) is 0 Å². The molecule has 0 saturated carbocycles. The van der Waals surface area contributed by atoms with E-state index in [1.54, 1.807) is 0 Å². The molecule has 19 heavy (non-hydrogen) atoms. The quantitative estimate of drug-likeness (QED) is 0.662. The molecule has 0 aliphatic carbocycles. The van der Waals surface area contributed by atoms with E-state index in [0.29, 0.717) is 19.1 Å². The summed E-state index contributed by atoms with van der Waals surface area (Å²) in [6.07, 6.45) is 4.99. The standard InChI is InChI=1S/C12H24N4O2S/c1-4-11(2)16-9-6-12(15-16)10-13-7-5-8-14-19(3,17)18/h6,9,11,13-14H,4-5,7-8,10H2,1-3H3. The van der Waals surface area contributed by atoms with Crippen LogP contribution in [0.15, 0.2) is 12.3 Å². The van der Waals surface area contributed by atoms with Crippen molar-refractivity contribution in [2.45, 2.75) is 39.3 Å². The van der Waals surface area contributed by atoms with E-state index in [2.05, 4.69) is 29.0 Å². The Morgan fingerprint density at radius 2 is 2.16 bits per heavy atom. The fourth-order valence-electron chi connectivity index (χ4n) is 1.59. The van der Waals surface area contributed by atoms with Gasteiger partial charge in [-0.15, -0.1) is 0 Å². The van der Waals surface area contributed by atoms with E-state index in [1.165, 1.54) is 6.26 Å². The minimum atomic E-state index is -3.07. The van der Waals surface area contributed by atoms with Crippen molar-refractivity contribution >= 4 is 10.0 Å². The number of hydrogen-bond acceptors (Lipinski definition) is 4. The summed E-state index contributed by atoms with van der Waals surface area (Å²) >= 11 is 0. The Hall–Kier alpha value is -0.920. The van der Waals surface area contributed by atoms with Crippen LogP contribution in [0.4, 0.5) is 0 Å². The van der Waals surface area contributed by atoms with E-state index in [4.69, 9.17) is 0 Å². The molecule has 1 rings (SSSR count). The molecule has 2 N–H and O–H groups in total. The van der Waals surface area contributed by atoms with E-state index in [0.717, 1.165) is 25.1 Å². The minimum Gasteiger partial charge on any atom is -0.311 e. The van der Waals surface area contributed by atoms with Crippen LogP contribution in [0.3, 0.4) is 0 Å². The number of nitrogens with zero attached hydrogens (tertiary/aromatic N) is 2. The van der Waals surface area contributed by atoms with Gasteiger partial charge in [0.1, 0.15) is 0 Å². The summed E-state index contributed by atoms with van der Waals surface area (Å²) < 4.78 is 26.1. The van der Waals surface area contributed by atoms with Gasteiger partial charge in [0.05, 0.1) is 11.9 Å². The van der Waals surface area contributed by atoms with Gasteiger partial charge in [-0.3, -0.25) is 4.68 Å². The maximum atomic E-state index is 10.8. The fourth-order valence-corrected chi connectivity index (χ4v) is 2.11. The monoisotopic (exact) mass is 288 g/mol. The molecule has 0 aliphatic heterocycles. The first kappa shape index (κ1) is 16.1. The van der Waals surface area contributed by atoms with Crippen molar-refractivity contribution in [3.05, 3.63) is 18.0 Å². The zero-order chi connectivity index (χ0) is 14.3. The molecule has 1 unspecified atom stereocenters. The third-order valence-electron chi connectivity index (χ3n) is 2.91. The molecule has 6 nitrogen and oxygen atoms in total. The maximum absolute atomic E-state index is 10.8. The SMILES string of the molecule is CCC(C)n1ccc(CNCCCNS(C)(=O)=O)n1. The van der Waals surface area contributed by atoms with Crippen LogP contribution >= 0.6 is 0 Å². The van der Waals surface area contributed by atoms with Gasteiger partial charge in [0.25, 0.3) is 0 Å². The Morgan fingerprint density at radius 1 is 1.42 bits per heavy atom. The average Bonchev–Trinajstić information content (AvgIpc) is 2.80. The molecular weight excluding hydrogens is 264 g/mol. The smallest absolute Gasteiger partial charge is 0.208 e. The first-order valence-electron chi connectivity index (χ1n) is 6.61. The second kappa shape index (κ2) is 7.62. The molecule has 0 radical (unpaired) electrons. The number of hydrogen-bond donors (Lipinski definition) is 2. The van der Waals surface area contributed by atoms with E-state index in [9.17, 15) is 8.42 Å². The Bertz CT molecular complexity index is 470. The molecule has 0 aliphatic rings. The predicted octanol–water partition coefficient (Wildman–Crippen LogP) is 0.883. The summed E-state index contributed by atoms with van der Waals surface area (Å²) in [6.45, 7) is 6.22. The highest BCUT2D eigenvalue weighted by Crippen LogP contribution is 2.08. The zero-order valence-corrected chi connectivity index (χ0v) is 12.7. The van der Waals surface area contributed by atoms with Gasteiger partial charge in [-0.1, -0.05) is 6.92 Å². The Labute approximate surface area is 115 Å². The number of aromatic nitrogens is 2. The lowest BCUT2D eigenvalue weighted by Gasteiger charge is -2.08. The fraction of sp³-hybridized carbons (Fsp3) is 0.750. The van der Waals surface area contributed by atoms with Crippen LogP contribution in [0.2, 0.25) is 0 Å². The molecule has 0 bridgehead atoms. The van der Waals surface area contributed by atoms with Crippen molar-refractivity contribution in [3.8, 4) is 0 Å². The van der Waals surface area contributed by atoms with Crippen LogP contribution in [-0.4, -0.2) is 37.5 Å². The van der Waals surface area contributed by atoms with Crippen LogP contribution in [0.25, 0.3) is 0 Å². The molecule has 0 spiro atoms. The summed E-state index contributed by atoms with van der Waals surface area (Å²) in [5.41, 5.74) is 1.01. The largest absolute Gasteiger partial charge is 0.311 e. The van der Waals surface area contributed by atoms with E-state index in [1.807, 2.05) is 16.9 Å². The van der Waals surface area contributed by atoms with E-state index >= 15 is 0 Å². The summed E-state index contributed by atoms with van der Waals surface area (Å²) in [6, 6.07) is 2.43. The third-order valence-corrected chi connectivity index (χ3v) is 3.64. The first-order chi connectivity index (χ1) is 8.92. The molecule has 0 fully saturated rings. The topological polar surface area (TPSA) is 76.0 Å². The highest BCUT2D eigenvalue weighted by Gasteiger charge is 2.04. The molecule has 7 heteroatoms. The average molecular weight is 288 g/mol. The lowest BCUT2D eigenvalue weighted by Crippen LogP contribution is -2.26. The van der Waals surface area contributed by atoms with Crippen molar-refractivity contribution < 1.29 is 8.42 Å². The van der Waals surface area contributed by atoms with Crippen molar-refractivity contribution in [3.63, 3.8) is 0 Å². The lowest BCUT2D eigenvalue weighted by atomic mass is 10.3. The van der Waals surface area contributed by atoms with Gasteiger partial charge < -0.3 is 5.32 Å². The van der Waals surface area contributed by atoms with Crippen LogP contribution in [-0.2, 0) is 16.6 Å². The molecule has 1 aromatic rings. The Morgan fingerprint density at radius 3 is 2.79 bits per heavy atom. The summed E-state index contributed by atoms with van der Waals surface area (Å²) in [5.74, 6) is 0. The van der Waals surface area contributed by atoms with Crippen molar-refractivity contribution in [1.82, 2.24) is 19.8 Å². The number of sulfonamides is 1. The molecule has 1 heterocycles. The van der Waals surface area contributed by atoms with Crippen LogP contribution in [0, 0.1) is 0 Å².